The Kier molecular flexibility index (Phi) is 4.88. The van der Waals surface area contributed by atoms with E-state index in [2.05, 4.69) is 4.98 Å². The molecule has 6 nitrogen and oxygen atoms in total. The van der Waals surface area contributed by atoms with E-state index < -0.39 is 11.6 Å². The average molecular weight is 402 g/mol. The molecule has 154 valence electrons. The summed E-state index contributed by atoms with van der Waals surface area (Å²) in [6.07, 6.45) is 2.13. The first-order valence-electron chi connectivity index (χ1n) is 9.74. The van der Waals surface area contributed by atoms with Gasteiger partial charge in [0.2, 0.25) is 5.91 Å². The number of anilines is 2. The molecule has 1 aromatic heterocycles. The van der Waals surface area contributed by atoms with Gasteiger partial charge in [-0.3, -0.25) is 4.79 Å². The molecule has 1 aromatic carbocycles. The Morgan fingerprint density at radius 3 is 2.62 bits per heavy atom. The molecule has 1 saturated carbocycles. The second kappa shape index (κ2) is 7.24. The van der Waals surface area contributed by atoms with Gasteiger partial charge in [0.1, 0.15) is 23.4 Å². The normalized spacial score (nSPS) is 23.7. The van der Waals surface area contributed by atoms with Crippen molar-refractivity contribution in [2.75, 3.05) is 23.9 Å². The minimum absolute atomic E-state index is 0.0199. The second-order valence-corrected chi connectivity index (χ2v) is 7.94. The van der Waals surface area contributed by atoms with Gasteiger partial charge in [-0.2, -0.15) is 0 Å². The fourth-order valence-corrected chi connectivity index (χ4v) is 4.02. The van der Waals surface area contributed by atoms with E-state index in [9.17, 15) is 13.6 Å². The molecule has 2 aromatic rings. The highest BCUT2D eigenvalue weighted by molar-refractivity contribution is 6.04. The number of likely N-dealkylation sites (N-methyl/N-ethyl adjacent to an activating group) is 2. The van der Waals surface area contributed by atoms with Gasteiger partial charge in [-0.15, -0.1) is 0 Å². The van der Waals surface area contributed by atoms with Gasteiger partial charge in [-0.25, -0.2) is 18.7 Å². The molecular weight excluding hydrogens is 378 g/mol. The van der Waals surface area contributed by atoms with Crippen molar-refractivity contribution < 1.29 is 18.3 Å². The largest absolute Gasteiger partial charge is 0.487 e. The van der Waals surface area contributed by atoms with Crippen molar-refractivity contribution in [2.45, 2.75) is 45.3 Å². The van der Waals surface area contributed by atoms with E-state index in [1.807, 2.05) is 25.8 Å². The molecule has 2 aliphatic rings. The van der Waals surface area contributed by atoms with Gasteiger partial charge in [0.05, 0.1) is 11.8 Å². The molecule has 0 bridgehead atoms. The first kappa shape index (κ1) is 19.5. The lowest BCUT2D eigenvalue weighted by Gasteiger charge is -2.38. The number of carbonyl (C=O) groups is 1. The van der Waals surface area contributed by atoms with E-state index in [1.54, 1.807) is 11.9 Å². The predicted octanol–water partition coefficient (Wildman–Crippen LogP) is 3.26. The molecule has 1 fully saturated rings. The van der Waals surface area contributed by atoms with Gasteiger partial charge >= 0.3 is 0 Å². The highest BCUT2D eigenvalue weighted by Crippen LogP contribution is 2.37. The highest BCUT2D eigenvalue weighted by atomic mass is 19.1. The monoisotopic (exact) mass is 402 g/mol. The summed E-state index contributed by atoms with van der Waals surface area (Å²) in [4.78, 5) is 25.2. The van der Waals surface area contributed by atoms with Crippen molar-refractivity contribution in [3.8, 4) is 5.75 Å². The Morgan fingerprint density at radius 2 is 1.93 bits per heavy atom. The Bertz CT molecular complexity index is 962. The first-order valence-corrected chi connectivity index (χ1v) is 9.74. The van der Waals surface area contributed by atoms with Crippen LogP contribution in [-0.2, 0) is 11.2 Å². The van der Waals surface area contributed by atoms with Gasteiger partial charge in [0.15, 0.2) is 17.4 Å². The fraction of sp³-hybridized carbons (Fsp3) is 0.476. The summed E-state index contributed by atoms with van der Waals surface area (Å²) in [5.41, 5.74) is 1.53. The van der Waals surface area contributed by atoms with Crippen molar-refractivity contribution in [1.82, 2.24) is 9.97 Å². The lowest BCUT2D eigenvalue weighted by Crippen LogP contribution is -2.50. The standard InChI is InChI=1S/C21H24F2N4O2/c1-11-19-20(26(3)12(2)21(28)27(19)4)25-18(24-11)9-13-7-15(8-13)29-17-6-5-14(22)10-16(17)23/h5-6,10,12-13,15H,7-9H2,1-4H3/t12-,13?,15?/m0/s1. The van der Waals surface area contributed by atoms with Crippen LogP contribution in [0, 0.1) is 24.5 Å². The Labute approximate surface area is 168 Å². The van der Waals surface area contributed by atoms with Gasteiger partial charge in [0.25, 0.3) is 0 Å². The van der Waals surface area contributed by atoms with Crippen LogP contribution in [-0.4, -0.2) is 42.1 Å². The number of rotatable bonds is 4. The number of hydrogen-bond acceptors (Lipinski definition) is 5. The molecule has 0 radical (unpaired) electrons. The number of aryl methyl sites for hydroxylation is 1. The van der Waals surface area contributed by atoms with E-state index in [1.165, 1.54) is 12.1 Å². The minimum Gasteiger partial charge on any atom is -0.487 e. The smallest absolute Gasteiger partial charge is 0.249 e. The third kappa shape index (κ3) is 3.52. The first-order chi connectivity index (χ1) is 13.7. The van der Waals surface area contributed by atoms with Crippen LogP contribution in [0.15, 0.2) is 18.2 Å². The summed E-state index contributed by atoms with van der Waals surface area (Å²) in [6, 6.07) is 3.07. The van der Waals surface area contributed by atoms with E-state index in [0.29, 0.717) is 12.3 Å². The zero-order chi connectivity index (χ0) is 20.9. The zero-order valence-corrected chi connectivity index (χ0v) is 16.9. The van der Waals surface area contributed by atoms with Crippen LogP contribution in [0.1, 0.15) is 31.3 Å². The van der Waals surface area contributed by atoms with Crippen molar-refractivity contribution in [1.29, 1.82) is 0 Å². The molecule has 1 amide bonds. The van der Waals surface area contributed by atoms with Gasteiger partial charge in [-0.1, -0.05) is 0 Å². The maximum Gasteiger partial charge on any atom is 0.249 e. The molecule has 2 heterocycles. The summed E-state index contributed by atoms with van der Waals surface area (Å²) in [6.45, 7) is 3.75. The number of nitrogens with zero attached hydrogens (tertiary/aromatic N) is 4. The highest BCUT2D eigenvalue weighted by Gasteiger charge is 2.36. The second-order valence-electron chi connectivity index (χ2n) is 7.94. The molecule has 1 atom stereocenters. The molecule has 4 rings (SSSR count). The average Bonchev–Trinajstić information content (AvgIpc) is 2.64. The van der Waals surface area contributed by atoms with Crippen molar-refractivity contribution in [3.63, 3.8) is 0 Å². The third-order valence-electron chi connectivity index (χ3n) is 5.88. The third-order valence-corrected chi connectivity index (χ3v) is 5.88. The molecule has 1 aliphatic heterocycles. The van der Waals surface area contributed by atoms with Crippen LogP contribution >= 0.6 is 0 Å². The SMILES string of the molecule is Cc1nc(CC2CC(Oc3ccc(F)cc3F)C2)nc2c1N(C)C(=O)[C@H](C)N2C. The number of hydrogen-bond donors (Lipinski definition) is 0. The van der Waals surface area contributed by atoms with Crippen LogP contribution in [0.25, 0.3) is 0 Å². The number of carbonyl (C=O) groups excluding carboxylic acids is 1. The van der Waals surface area contributed by atoms with Crippen LogP contribution < -0.4 is 14.5 Å². The summed E-state index contributed by atoms with van der Waals surface area (Å²) in [7, 11) is 3.62. The Morgan fingerprint density at radius 1 is 1.21 bits per heavy atom. The summed E-state index contributed by atoms with van der Waals surface area (Å²) in [5.74, 6) is 0.644. The summed E-state index contributed by atoms with van der Waals surface area (Å²) in [5, 5.41) is 0. The number of ether oxygens (including phenoxy) is 1. The Hall–Kier alpha value is -2.77. The summed E-state index contributed by atoms with van der Waals surface area (Å²) < 4.78 is 32.4. The molecule has 8 heteroatoms. The van der Waals surface area contributed by atoms with Crippen LogP contribution in [0.5, 0.6) is 5.75 Å². The van der Waals surface area contributed by atoms with Crippen LogP contribution in [0.3, 0.4) is 0 Å². The lowest BCUT2D eigenvalue weighted by molar-refractivity contribution is -0.119. The van der Waals surface area contributed by atoms with Crippen molar-refractivity contribution >= 4 is 17.4 Å². The summed E-state index contributed by atoms with van der Waals surface area (Å²) >= 11 is 0. The molecule has 0 saturated heterocycles. The van der Waals surface area contributed by atoms with Crippen LogP contribution in [0.2, 0.25) is 0 Å². The number of aromatic nitrogens is 2. The number of benzene rings is 1. The van der Waals surface area contributed by atoms with E-state index in [-0.39, 0.29) is 23.8 Å². The molecule has 1 aliphatic carbocycles. The number of fused-ring (bicyclic) bond motifs is 1. The van der Waals surface area contributed by atoms with E-state index in [0.717, 1.165) is 41.9 Å². The molecule has 0 unspecified atom stereocenters. The molecule has 29 heavy (non-hydrogen) atoms. The van der Waals surface area contributed by atoms with E-state index >= 15 is 0 Å². The van der Waals surface area contributed by atoms with Gasteiger partial charge in [-0.05, 0) is 44.7 Å². The minimum atomic E-state index is -0.682. The van der Waals surface area contributed by atoms with Gasteiger partial charge < -0.3 is 14.5 Å². The predicted molar refractivity (Wildman–Crippen MR) is 105 cm³/mol. The Balaban J connectivity index is 1.43. The topological polar surface area (TPSA) is 58.6 Å². The zero-order valence-electron chi connectivity index (χ0n) is 16.9. The maximum atomic E-state index is 13.7. The lowest BCUT2D eigenvalue weighted by atomic mass is 9.80. The molecular formula is C21H24F2N4O2. The molecule has 0 spiro atoms. The van der Waals surface area contributed by atoms with E-state index in [4.69, 9.17) is 9.72 Å². The quantitative estimate of drug-likeness (QED) is 0.786. The van der Waals surface area contributed by atoms with Crippen molar-refractivity contribution in [3.05, 3.63) is 41.4 Å². The van der Waals surface area contributed by atoms with Crippen molar-refractivity contribution in [2.24, 2.45) is 5.92 Å². The number of amides is 1. The maximum absolute atomic E-state index is 13.7. The molecule has 0 N–H and O–H groups in total. The fourth-order valence-electron chi connectivity index (χ4n) is 4.02. The van der Waals surface area contributed by atoms with Gasteiger partial charge in [0, 0.05) is 26.6 Å². The van der Waals surface area contributed by atoms with Crippen LogP contribution in [0.4, 0.5) is 20.3 Å². The number of halogens is 2.